The normalized spacial score (nSPS) is 21.4. The first-order valence-corrected chi connectivity index (χ1v) is 16.6. The Morgan fingerprint density at radius 3 is 1.80 bits per heavy atom. The van der Waals surface area contributed by atoms with Crippen LogP contribution in [0.25, 0.3) is 0 Å². The molecule has 0 radical (unpaired) electrons. The highest BCUT2D eigenvalue weighted by atomic mass is 28.3. The van der Waals surface area contributed by atoms with Gasteiger partial charge in [-0.2, -0.15) is 0 Å². The lowest BCUT2D eigenvalue weighted by Gasteiger charge is -2.50. The van der Waals surface area contributed by atoms with Crippen molar-refractivity contribution in [1.29, 1.82) is 0 Å². The van der Waals surface area contributed by atoms with E-state index in [4.69, 9.17) is 4.74 Å². The first kappa shape index (κ1) is 28.9. The van der Waals surface area contributed by atoms with Crippen molar-refractivity contribution in [2.24, 2.45) is 0 Å². The molecule has 0 unspecified atom stereocenters. The Hall–Kier alpha value is -3.58. The number of nitrogens with zero attached hydrogens (tertiary/aromatic N) is 1. The zero-order valence-electron chi connectivity index (χ0n) is 24.1. The minimum Gasteiger partial charge on any atom is -0.395 e. The van der Waals surface area contributed by atoms with E-state index in [1.54, 1.807) is 24.3 Å². The summed E-state index contributed by atoms with van der Waals surface area (Å²) < 4.78 is 7.00. The molecule has 4 aromatic rings. The largest absolute Gasteiger partial charge is 0.395 e. The van der Waals surface area contributed by atoms with E-state index in [1.807, 2.05) is 18.2 Å². The third-order valence-corrected chi connectivity index (χ3v) is 15.3. The zero-order valence-corrected chi connectivity index (χ0v) is 25.1. The molecule has 1 heterocycles. The van der Waals surface area contributed by atoms with E-state index in [2.05, 4.69) is 93.6 Å². The molecule has 0 spiro atoms. The van der Waals surface area contributed by atoms with Crippen LogP contribution in [0, 0.1) is 10.1 Å². The highest BCUT2D eigenvalue weighted by Gasteiger charge is 2.52. The molecular formula is C35H39NO4Si. The number of aliphatic hydroxyl groups is 1. The Morgan fingerprint density at radius 1 is 0.829 bits per heavy atom. The van der Waals surface area contributed by atoms with Gasteiger partial charge in [0.1, 0.15) is 8.07 Å². The van der Waals surface area contributed by atoms with Gasteiger partial charge in [0.15, 0.2) is 0 Å². The third-order valence-electron chi connectivity index (χ3n) is 9.06. The van der Waals surface area contributed by atoms with Crippen molar-refractivity contribution < 1.29 is 14.8 Å². The van der Waals surface area contributed by atoms with Crippen molar-refractivity contribution in [3.8, 4) is 0 Å². The number of hydrogen-bond donors (Lipinski definition) is 1. The molecule has 6 heteroatoms. The quantitative estimate of drug-likeness (QED) is 0.145. The third kappa shape index (κ3) is 5.64. The van der Waals surface area contributed by atoms with Crippen molar-refractivity contribution in [3.05, 3.63) is 137 Å². The minimum atomic E-state index is -2.46. The van der Waals surface area contributed by atoms with Gasteiger partial charge in [0.25, 0.3) is 5.69 Å². The molecular weight excluding hydrogens is 526 g/mol. The molecule has 0 aromatic heterocycles. The van der Waals surface area contributed by atoms with Crippen molar-refractivity contribution in [2.75, 3.05) is 6.61 Å². The van der Waals surface area contributed by atoms with Crippen molar-refractivity contribution in [3.63, 3.8) is 0 Å². The SMILES string of the molecule is CC(C)(C)[Si](C[C@@H]1C[C@](CO)(c2ccccc2)C[C@H](c2ccc([N+](=O)[O-])cc2)O1)(c1ccccc1)c1ccccc1. The van der Waals surface area contributed by atoms with Crippen LogP contribution >= 0.6 is 0 Å². The molecule has 41 heavy (non-hydrogen) atoms. The average molecular weight is 566 g/mol. The molecule has 4 aromatic carbocycles. The molecule has 1 aliphatic heterocycles. The fraction of sp³-hybridized carbons (Fsp3) is 0.314. The Balaban J connectivity index is 1.64. The second-order valence-corrected chi connectivity index (χ2v) is 17.3. The van der Waals surface area contributed by atoms with Crippen LogP contribution in [0.2, 0.25) is 11.1 Å². The van der Waals surface area contributed by atoms with Gasteiger partial charge in [0.05, 0.1) is 23.7 Å². The fourth-order valence-corrected chi connectivity index (χ4v) is 12.5. The van der Waals surface area contributed by atoms with Crippen LogP contribution in [0.15, 0.2) is 115 Å². The van der Waals surface area contributed by atoms with E-state index in [-0.39, 0.29) is 34.5 Å². The highest BCUT2D eigenvalue weighted by Crippen LogP contribution is 2.49. The van der Waals surface area contributed by atoms with Gasteiger partial charge in [0, 0.05) is 17.5 Å². The number of aliphatic hydroxyl groups excluding tert-OH is 1. The lowest BCUT2D eigenvalue weighted by molar-refractivity contribution is -0.384. The van der Waals surface area contributed by atoms with Crippen molar-refractivity contribution >= 4 is 24.1 Å². The predicted octanol–water partition coefficient (Wildman–Crippen LogP) is 6.81. The van der Waals surface area contributed by atoms with E-state index >= 15 is 0 Å². The highest BCUT2D eigenvalue weighted by molar-refractivity contribution is 7.04. The van der Waals surface area contributed by atoms with Gasteiger partial charge in [-0.05, 0) is 47.2 Å². The van der Waals surface area contributed by atoms with Crippen LogP contribution in [0.4, 0.5) is 5.69 Å². The summed E-state index contributed by atoms with van der Waals surface area (Å²) in [5.41, 5.74) is 1.56. The number of rotatable bonds is 8. The molecule has 0 saturated carbocycles. The minimum absolute atomic E-state index is 0.00109. The van der Waals surface area contributed by atoms with Gasteiger partial charge in [-0.25, -0.2) is 0 Å². The van der Waals surface area contributed by atoms with Gasteiger partial charge in [0.2, 0.25) is 0 Å². The smallest absolute Gasteiger partial charge is 0.269 e. The summed E-state index contributed by atoms with van der Waals surface area (Å²) in [5.74, 6) is 0. The summed E-state index contributed by atoms with van der Waals surface area (Å²) in [4.78, 5) is 11.0. The van der Waals surface area contributed by atoms with Crippen LogP contribution in [0.5, 0.6) is 0 Å². The molecule has 0 aliphatic carbocycles. The van der Waals surface area contributed by atoms with Crippen LogP contribution < -0.4 is 10.4 Å². The number of nitro groups is 1. The van der Waals surface area contributed by atoms with E-state index in [0.717, 1.165) is 17.2 Å². The second-order valence-electron chi connectivity index (χ2n) is 12.4. The van der Waals surface area contributed by atoms with Gasteiger partial charge < -0.3 is 9.84 Å². The maximum absolute atomic E-state index is 11.3. The van der Waals surface area contributed by atoms with E-state index in [1.165, 1.54) is 10.4 Å². The lowest BCUT2D eigenvalue weighted by Crippen LogP contribution is -2.66. The lowest BCUT2D eigenvalue weighted by atomic mass is 9.70. The van der Waals surface area contributed by atoms with E-state index < -0.39 is 13.5 Å². The number of ether oxygens (including phenoxy) is 1. The summed E-state index contributed by atoms with van der Waals surface area (Å²) in [6.45, 7) is 7.06. The summed E-state index contributed by atoms with van der Waals surface area (Å²) in [5, 5.41) is 25.1. The van der Waals surface area contributed by atoms with Crippen molar-refractivity contribution in [1.82, 2.24) is 0 Å². The second kappa shape index (κ2) is 11.7. The molecule has 1 saturated heterocycles. The molecule has 212 valence electrons. The fourth-order valence-electron chi connectivity index (χ4n) is 6.94. The monoisotopic (exact) mass is 565 g/mol. The van der Waals surface area contributed by atoms with Crippen LogP contribution in [-0.2, 0) is 10.2 Å². The standard InChI is InChI=1S/C35H39NO4Si/c1-34(2,3)41(31-15-9-5-10-16-31,32-17-11-6-12-18-32)25-30-23-35(26-37,28-13-7-4-8-14-28)24-33(40-30)27-19-21-29(22-20-27)36(38)39/h4-22,30,33,37H,23-26H2,1-3H3/t30-,33+,35-/m0/s1. The van der Waals surface area contributed by atoms with Gasteiger partial charge in [-0.3, -0.25) is 10.1 Å². The molecule has 5 rings (SSSR count). The summed E-state index contributed by atoms with van der Waals surface area (Å²) in [7, 11) is -2.46. The van der Waals surface area contributed by atoms with Crippen LogP contribution in [0.1, 0.15) is 50.8 Å². The Labute approximate surface area is 244 Å². The number of non-ortho nitro benzene ring substituents is 1. The summed E-state index contributed by atoms with van der Waals surface area (Å²) >= 11 is 0. The van der Waals surface area contributed by atoms with Crippen LogP contribution in [0.3, 0.4) is 0 Å². The van der Waals surface area contributed by atoms with Gasteiger partial charge in [-0.15, -0.1) is 0 Å². The molecule has 1 fully saturated rings. The van der Waals surface area contributed by atoms with Crippen LogP contribution in [-0.4, -0.2) is 30.8 Å². The van der Waals surface area contributed by atoms with Gasteiger partial charge in [-0.1, -0.05) is 122 Å². The Kier molecular flexibility index (Phi) is 8.27. The Bertz CT molecular complexity index is 1400. The Morgan fingerprint density at radius 2 is 1.34 bits per heavy atom. The molecule has 0 amide bonds. The average Bonchev–Trinajstić information content (AvgIpc) is 3.00. The summed E-state index contributed by atoms with van der Waals surface area (Å²) in [6, 6.07) is 39.6. The molecule has 3 atom stereocenters. The number of benzene rings is 4. The van der Waals surface area contributed by atoms with E-state index in [0.29, 0.717) is 12.8 Å². The predicted molar refractivity (Wildman–Crippen MR) is 168 cm³/mol. The molecule has 0 bridgehead atoms. The first-order valence-electron chi connectivity index (χ1n) is 14.4. The van der Waals surface area contributed by atoms with E-state index in [9.17, 15) is 15.2 Å². The molecule has 5 nitrogen and oxygen atoms in total. The molecule has 1 N–H and O–H groups in total. The van der Waals surface area contributed by atoms with Crippen molar-refractivity contribution in [2.45, 2.75) is 62.3 Å². The maximum Gasteiger partial charge on any atom is 0.269 e. The maximum atomic E-state index is 11.3. The number of nitro benzene ring substituents is 1. The van der Waals surface area contributed by atoms with Gasteiger partial charge >= 0.3 is 0 Å². The first-order chi connectivity index (χ1) is 19.7. The topological polar surface area (TPSA) is 72.6 Å². The summed E-state index contributed by atoms with van der Waals surface area (Å²) in [6.07, 6.45) is 0.854. The zero-order chi connectivity index (χ0) is 29.1. The number of hydrogen-bond acceptors (Lipinski definition) is 4. The molecule has 1 aliphatic rings.